The lowest BCUT2D eigenvalue weighted by atomic mass is 10.1. The molecule has 3 heterocycles. The van der Waals surface area contributed by atoms with E-state index in [1.807, 2.05) is 31.3 Å². The van der Waals surface area contributed by atoms with Crippen LogP contribution in [0.1, 0.15) is 36.5 Å². The van der Waals surface area contributed by atoms with Gasteiger partial charge in [0, 0.05) is 31.4 Å². The molecule has 0 aliphatic carbocycles. The lowest BCUT2D eigenvalue weighted by molar-refractivity contribution is 0.627. The van der Waals surface area contributed by atoms with Crippen LogP contribution in [0.4, 0.5) is 5.69 Å². The highest BCUT2D eigenvalue weighted by atomic mass is 15.3. The third kappa shape index (κ3) is 2.95. The largest absolute Gasteiger partial charge is 0.344 e. The van der Waals surface area contributed by atoms with Gasteiger partial charge in [0.05, 0.1) is 5.57 Å². The fourth-order valence-corrected chi connectivity index (χ4v) is 3.54. The molecule has 2 aliphatic rings. The van der Waals surface area contributed by atoms with Crippen LogP contribution in [0.5, 0.6) is 0 Å². The Kier molecular flexibility index (Phi) is 4.40. The first-order valence-electron chi connectivity index (χ1n) is 9.03. The van der Waals surface area contributed by atoms with Crippen molar-refractivity contribution in [2.24, 2.45) is 0 Å². The van der Waals surface area contributed by atoms with E-state index in [1.165, 1.54) is 12.0 Å². The van der Waals surface area contributed by atoms with Gasteiger partial charge >= 0.3 is 0 Å². The number of benzene rings is 1. The molecule has 2 aromatic rings. The van der Waals surface area contributed by atoms with Gasteiger partial charge in [0.1, 0.15) is 11.9 Å². The van der Waals surface area contributed by atoms with Gasteiger partial charge in [0.15, 0.2) is 5.82 Å². The van der Waals surface area contributed by atoms with Gasteiger partial charge in [-0.3, -0.25) is 0 Å². The molecule has 0 saturated carbocycles. The molecule has 0 unspecified atom stereocenters. The first-order chi connectivity index (χ1) is 12.8. The van der Waals surface area contributed by atoms with Crippen LogP contribution in [-0.2, 0) is 13.0 Å². The minimum atomic E-state index is 0.554. The van der Waals surface area contributed by atoms with E-state index in [9.17, 15) is 5.26 Å². The Labute approximate surface area is 153 Å². The normalized spacial score (nSPS) is 18.2. The van der Waals surface area contributed by atoms with Gasteiger partial charge in [0.2, 0.25) is 0 Å². The van der Waals surface area contributed by atoms with Gasteiger partial charge in [-0.05, 0) is 42.7 Å². The van der Waals surface area contributed by atoms with E-state index in [0.29, 0.717) is 11.4 Å². The number of likely N-dealkylation sites (N-methyl/N-ethyl adjacent to an activating group) is 1. The molecule has 1 aromatic carbocycles. The van der Waals surface area contributed by atoms with Crippen LogP contribution in [0.2, 0.25) is 0 Å². The number of aromatic nitrogens is 3. The zero-order valence-electron chi connectivity index (χ0n) is 14.9. The Morgan fingerprint density at radius 1 is 1.15 bits per heavy atom. The first kappa shape index (κ1) is 16.3. The molecule has 5 nitrogen and oxygen atoms in total. The molecule has 2 aliphatic heterocycles. The minimum Gasteiger partial charge on any atom is -0.344 e. The molecule has 0 atom stereocenters. The molecule has 0 bridgehead atoms. The van der Waals surface area contributed by atoms with E-state index in [-0.39, 0.29) is 0 Å². The van der Waals surface area contributed by atoms with Gasteiger partial charge in [-0.15, -0.1) is 10.2 Å². The van der Waals surface area contributed by atoms with Crippen molar-refractivity contribution in [3.05, 3.63) is 65.4 Å². The second kappa shape index (κ2) is 7.01. The average molecular weight is 343 g/mol. The number of aryl methyl sites for hydroxylation is 1. The Morgan fingerprint density at radius 3 is 2.92 bits per heavy atom. The van der Waals surface area contributed by atoms with Crippen molar-refractivity contribution in [3.8, 4) is 6.07 Å². The summed E-state index contributed by atoms with van der Waals surface area (Å²) in [6.45, 7) is 0.889. The van der Waals surface area contributed by atoms with Crippen molar-refractivity contribution in [2.75, 3.05) is 11.9 Å². The van der Waals surface area contributed by atoms with E-state index in [0.717, 1.165) is 43.0 Å². The van der Waals surface area contributed by atoms with Crippen molar-refractivity contribution in [3.63, 3.8) is 0 Å². The monoisotopic (exact) mass is 343 g/mol. The summed E-state index contributed by atoms with van der Waals surface area (Å²) in [5.74, 6) is 1.68. The van der Waals surface area contributed by atoms with Crippen LogP contribution >= 0.6 is 0 Å². The molecular weight excluding hydrogens is 322 g/mol. The molecule has 1 aromatic heterocycles. The standard InChI is InChI=1S/C21H21N5/c1-25-18(12-10-16-7-4-5-8-19(16)25)13-11-17(15-22)21-24-23-20-9-3-2-6-14-26(20)21/h4-5,7-8,10-13H,2-3,6,9,14H2,1H3. The third-order valence-corrected chi connectivity index (χ3v) is 5.01. The van der Waals surface area contributed by atoms with E-state index in [1.54, 1.807) is 0 Å². The molecule has 4 rings (SSSR count). The number of hydrogen-bond acceptors (Lipinski definition) is 4. The summed E-state index contributed by atoms with van der Waals surface area (Å²) in [6.07, 6.45) is 12.4. The summed E-state index contributed by atoms with van der Waals surface area (Å²) in [6, 6.07) is 10.6. The van der Waals surface area contributed by atoms with Gasteiger partial charge in [0.25, 0.3) is 0 Å². The third-order valence-electron chi connectivity index (χ3n) is 5.01. The Bertz CT molecular complexity index is 955. The number of rotatable bonds is 2. The first-order valence-corrected chi connectivity index (χ1v) is 9.03. The number of hydrogen-bond donors (Lipinski definition) is 0. The van der Waals surface area contributed by atoms with Crippen molar-refractivity contribution >= 4 is 17.3 Å². The van der Waals surface area contributed by atoms with Crippen molar-refractivity contribution < 1.29 is 0 Å². The summed E-state index contributed by atoms with van der Waals surface area (Å²) in [5, 5.41) is 18.3. The van der Waals surface area contributed by atoms with Crippen molar-refractivity contribution in [2.45, 2.75) is 32.2 Å². The van der Waals surface area contributed by atoms with E-state index < -0.39 is 0 Å². The van der Waals surface area contributed by atoms with Crippen LogP contribution in [0, 0.1) is 11.3 Å². The maximum absolute atomic E-state index is 9.66. The average Bonchev–Trinajstić information content (AvgIpc) is 2.92. The lowest BCUT2D eigenvalue weighted by Crippen LogP contribution is -2.18. The Morgan fingerprint density at radius 2 is 2.04 bits per heavy atom. The molecular formula is C21H21N5. The van der Waals surface area contributed by atoms with Crippen LogP contribution in [0.15, 0.2) is 48.2 Å². The SMILES string of the molecule is CN1C(=CC=C(C#N)c2nnc3n2CCCCC3)C=Cc2ccccc21. The molecule has 0 N–H and O–H groups in total. The van der Waals surface area contributed by atoms with Gasteiger partial charge in [-0.25, -0.2) is 0 Å². The fourth-order valence-electron chi connectivity index (χ4n) is 3.54. The molecule has 0 fully saturated rings. The molecule has 0 saturated heterocycles. The van der Waals surface area contributed by atoms with Crippen LogP contribution in [-0.4, -0.2) is 21.8 Å². The number of nitrogens with zero attached hydrogens (tertiary/aromatic N) is 5. The quantitative estimate of drug-likeness (QED) is 0.775. The number of fused-ring (bicyclic) bond motifs is 2. The molecule has 5 heteroatoms. The van der Waals surface area contributed by atoms with Gasteiger partial charge in [-0.2, -0.15) is 5.26 Å². The summed E-state index contributed by atoms with van der Waals surface area (Å²) in [4.78, 5) is 2.13. The zero-order chi connectivity index (χ0) is 17.9. The second-order valence-corrected chi connectivity index (χ2v) is 6.64. The predicted octanol–water partition coefficient (Wildman–Crippen LogP) is 3.96. The van der Waals surface area contributed by atoms with Gasteiger partial charge < -0.3 is 9.47 Å². The second-order valence-electron chi connectivity index (χ2n) is 6.64. The Balaban J connectivity index is 1.67. The number of anilines is 1. The zero-order valence-corrected chi connectivity index (χ0v) is 14.9. The predicted molar refractivity (Wildman–Crippen MR) is 103 cm³/mol. The summed E-state index contributed by atoms with van der Waals surface area (Å²) < 4.78 is 2.11. The van der Waals surface area contributed by atoms with E-state index in [4.69, 9.17) is 0 Å². The van der Waals surface area contributed by atoms with Crippen LogP contribution < -0.4 is 4.90 Å². The highest BCUT2D eigenvalue weighted by Gasteiger charge is 2.18. The highest BCUT2D eigenvalue weighted by molar-refractivity contribution is 5.78. The smallest absolute Gasteiger partial charge is 0.174 e. The van der Waals surface area contributed by atoms with Crippen molar-refractivity contribution in [1.82, 2.24) is 14.8 Å². The maximum Gasteiger partial charge on any atom is 0.174 e. The Hall–Kier alpha value is -3.13. The topological polar surface area (TPSA) is 57.7 Å². The van der Waals surface area contributed by atoms with E-state index >= 15 is 0 Å². The van der Waals surface area contributed by atoms with Crippen molar-refractivity contribution in [1.29, 1.82) is 5.26 Å². The lowest BCUT2D eigenvalue weighted by Gasteiger charge is -2.26. The molecule has 26 heavy (non-hydrogen) atoms. The summed E-state index contributed by atoms with van der Waals surface area (Å²) in [5.41, 5.74) is 3.94. The fraction of sp³-hybridized carbons (Fsp3) is 0.286. The molecule has 0 spiro atoms. The summed E-state index contributed by atoms with van der Waals surface area (Å²) in [7, 11) is 2.04. The minimum absolute atomic E-state index is 0.554. The number of nitriles is 1. The highest BCUT2D eigenvalue weighted by Crippen LogP contribution is 2.29. The molecule has 130 valence electrons. The molecule has 0 amide bonds. The summed E-state index contributed by atoms with van der Waals surface area (Å²) >= 11 is 0. The van der Waals surface area contributed by atoms with Gasteiger partial charge in [-0.1, -0.05) is 30.7 Å². The maximum atomic E-state index is 9.66. The van der Waals surface area contributed by atoms with Crippen LogP contribution in [0.25, 0.3) is 11.6 Å². The number of para-hydroxylation sites is 1. The molecule has 0 radical (unpaired) electrons. The van der Waals surface area contributed by atoms with Crippen LogP contribution in [0.3, 0.4) is 0 Å². The number of allylic oxidation sites excluding steroid dienone is 4. The van der Waals surface area contributed by atoms with E-state index in [2.05, 4.69) is 50.0 Å².